The largest absolute Gasteiger partial charge is 0.401 e. The van der Waals surface area contributed by atoms with Gasteiger partial charge in [-0.25, -0.2) is 44.4 Å². The Morgan fingerprint density at radius 1 is 0.676 bits per heavy atom. The van der Waals surface area contributed by atoms with Gasteiger partial charge in [-0.05, 0) is 6.92 Å². The molecule has 27 heteroatoms. The molecule has 1 aliphatic heterocycles. The molecule has 1 rings (SSSR count). The van der Waals surface area contributed by atoms with Gasteiger partial charge in [-0.1, -0.05) is 73.5 Å². The maximum Gasteiger partial charge on any atom is 0.401 e. The number of aliphatic hydroxyl groups is 2. The van der Waals surface area contributed by atoms with Crippen LogP contribution in [0.4, 0.5) is 0 Å². The highest BCUT2D eigenvalue weighted by Crippen LogP contribution is 2.83. The molecule has 34 heavy (non-hydrogen) atoms. The zero-order valence-electron chi connectivity index (χ0n) is 16.6. The number of hydrogen-bond donors (Lipinski definition) is 8. The molecule has 10 unspecified atom stereocenters. The number of aliphatic hydroxyl groups excluding tert-OH is 2. The molecule has 204 valence electrons. The van der Waals surface area contributed by atoms with Gasteiger partial charge in [0.2, 0.25) is 0 Å². The molecule has 0 amide bonds. The van der Waals surface area contributed by atoms with Crippen LogP contribution >= 0.6 is 114 Å². The minimum Gasteiger partial charge on any atom is -0.388 e. The molecule has 0 spiro atoms. The van der Waals surface area contributed by atoms with Gasteiger partial charge in [0.15, 0.2) is 0 Å². The van der Waals surface area contributed by atoms with E-state index in [4.69, 9.17) is 9.26 Å². The van der Waals surface area contributed by atoms with Gasteiger partial charge in [-0.2, -0.15) is 0 Å². The van der Waals surface area contributed by atoms with Crippen molar-refractivity contribution in [3.8, 4) is 0 Å². The van der Waals surface area contributed by atoms with Gasteiger partial charge in [0.1, 0.15) is 18.3 Å². The Kier molecular flexibility index (Phi) is 13.2. The molecule has 1 heterocycles. The third-order valence-electron chi connectivity index (χ3n) is 3.08. The van der Waals surface area contributed by atoms with E-state index in [1.165, 1.54) is 6.92 Å². The van der Waals surface area contributed by atoms with Crippen molar-refractivity contribution in [1.29, 1.82) is 0 Å². The molecule has 0 bridgehead atoms. The first-order chi connectivity index (χ1) is 14.8. The highest BCUT2D eigenvalue weighted by atomic mass is 32.7. The molecule has 0 aromatic rings. The fourth-order valence-corrected chi connectivity index (χ4v) is 21.6. The van der Waals surface area contributed by atoms with Crippen LogP contribution in [0.1, 0.15) is 6.92 Å². The van der Waals surface area contributed by atoms with E-state index in [0.717, 1.165) is 6.66 Å². The maximum atomic E-state index is 12.4. The lowest BCUT2D eigenvalue weighted by Crippen LogP contribution is -2.33. The minimum absolute atomic E-state index is 0.657. The molecule has 2 N–H and O–H groups in total. The second kappa shape index (κ2) is 12.7. The summed E-state index contributed by atoms with van der Waals surface area (Å²) in [7, 11) is 0. The van der Waals surface area contributed by atoms with Crippen molar-refractivity contribution in [2.45, 2.75) is 31.3 Å². The lowest BCUT2D eigenvalue weighted by atomic mass is 10.1. The van der Waals surface area contributed by atoms with Crippen LogP contribution in [0.15, 0.2) is 0 Å². The van der Waals surface area contributed by atoms with E-state index in [1.807, 2.05) is 0 Å². The molecular formula is C7H20O15P6S6. The quantitative estimate of drug-likeness (QED) is 0.0868. The standard InChI is InChI=1S/C7H20O15P6S6/c1-4-6(8)7(9)5(17-4)3-16-24(11,30)19-26(13,32)21-28(15,34)22-27(14,33)20-25(12,31)18-23(2,10)29/h4-9H,3H2,1-2H3,(H,10,29)(H,11,30)(H,12,31)(H,13,32)(H,14,33)(H,15,34). The molecule has 1 aliphatic rings. The summed E-state index contributed by atoms with van der Waals surface area (Å²) >= 11 is 20.5. The summed E-state index contributed by atoms with van der Waals surface area (Å²) in [5.74, 6) is 0. The summed E-state index contributed by atoms with van der Waals surface area (Å²) < 4.78 is 105. The summed E-state index contributed by atoms with van der Waals surface area (Å²) in [6, 6.07) is 0. The summed E-state index contributed by atoms with van der Waals surface area (Å²) in [5, 5.41) is 19.4. The van der Waals surface area contributed by atoms with Crippen molar-refractivity contribution in [2.75, 3.05) is 13.3 Å². The third-order valence-corrected chi connectivity index (χ3v) is 19.1. The highest BCUT2D eigenvalue weighted by Gasteiger charge is 2.46. The lowest BCUT2D eigenvalue weighted by molar-refractivity contribution is -0.0116. The van der Waals surface area contributed by atoms with Crippen LogP contribution in [0.2, 0.25) is 0 Å². The Hall–Kier alpha value is 3.12. The summed E-state index contributed by atoms with van der Waals surface area (Å²) in [6.45, 7) is -26.4. The number of thiol groups is 6. The first-order valence-corrected chi connectivity index (χ1v) is 24.7. The molecule has 1 saturated heterocycles. The van der Waals surface area contributed by atoms with Crippen molar-refractivity contribution >= 4 is 114 Å². The molecular weight excluding hydrogens is 702 g/mol. The van der Waals surface area contributed by atoms with Crippen LogP contribution in [-0.2, 0) is 58.2 Å². The van der Waals surface area contributed by atoms with Crippen LogP contribution in [0.5, 0.6) is 0 Å². The summed E-state index contributed by atoms with van der Waals surface area (Å²) in [4.78, 5) is 0. The molecule has 15 nitrogen and oxygen atoms in total. The van der Waals surface area contributed by atoms with Crippen molar-refractivity contribution in [3.63, 3.8) is 0 Å². The first-order valence-electron chi connectivity index (χ1n) is 8.01. The van der Waals surface area contributed by atoms with Crippen LogP contribution < -0.4 is 0 Å². The van der Waals surface area contributed by atoms with E-state index >= 15 is 0 Å². The Balaban J connectivity index is 2.78. The van der Waals surface area contributed by atoms with Gasteiger partial charge in [-0.15, -0.1) is 0 Å². The van der Waals surface area contributed by atoms with Crippen molar-refractivity contribution in [3.05, 3.63) is 0 Å². The first kappa shape index (κ1) is 35.1. The van der Waals surface area contributed by atoms with E-state index in [2.05, 4.69) is 95.0 Å². The number of ether oxygens (including phenoxy) is 1. The van der Waals surface area contributed by atoms with Crippen molar-refractivity contribution in [2.24, 2.45) is 0 Å². The molecule has 0 radical (unpaired) electrons. The van der Waals surface area contributed by atoms with Gasteiger partial charge in [0.25, 0.3) is 6.57 Å². The number of hydrogen-bond acceptors (Lipinski definition) is 15. The Morgan fingerprint density at radius 3 is 1.35 bits per heavy atom. The SMILES string of the molecule is CC1OC(COP(=O)(S)OP(=O)(S)OP(=O)(S)OP(=O)(S)OP(=O)(S)OP(C)(=O)S)C(O)C1O. The fraction of sp³-hybridized carbons (Fsp3) is 1.00. The van der Waals surface area contributed by atoms with Crippen LogP contribution in [0.25, 0.3) is 0 Å². The van der Waals surface area contributed by atoms with Gasteiger partial charge < -0.3 is 14.9 Å². The van der Waals surface area contributed by atoms with E-state index in [9.17, 15) is 37.6 Å². The average Bonchev–Trinajstić information content (AvgIpc) is 2.72. The lowest BCUT2D eigenvalue weighted by Gasteiger charge is -2.23. The molecule has 10 atom stereocenters. The topological polar surface area (TPSA) is 207 Å². The predicted octanol–water partition coefficient (Wildman–Crippen LogP) is 5.54. The molecule has 0 aliphatic carbocycles. The highest BCUT2D eigenvalue weighted by molar-refractivity contribution is 8.56. The molecule has 0 saturated carbocycles. The van der Waals surface area contributed by atoms with Crippen LogP contribution in [0.3, 0.4) is 0 Å². The van der Waals surface area contributed by atoms with E-state index in [-0.39, 0.29) is 0 Å². The fourth-order valence-electron chi connectivity index (χ4n) is 2.04. The Bertz CT molecular complexity index is 1030. The Morgan fingerprint density at radius 2 is 1.03 bits per heavy atom. The van der Waals surface area contributed by atoms with Gasteiger partial charge in [0, 0.05) is 6.66 Å². The number of rotatable bonds is 13. The van der Waals surface area contributed by atoms with Gasteiger partial charge >= 0.3 is 34.0 Å². The van der Waals surface area contributed by atoms with Crippen LogP contribution in [0, 0.1) is 0 Å². The summed E-state index contributed by atoms with van der Waals surface area (Å²) in [5.41, 5.74) is 0. The van der Waals surface area contributed by atoms with E-state index in [0.29, 0.717) is 0 Å². The monoisotopic (exact) mass is 722 g/mol. The Labute approximate surface area is 225 Å². The minimum atomic E-state index is -5.07. The van der Waals surface area contributed by atoms with Crippen molar-refractivity contribution in [1.82, 2.24) is 0 Å². The van der Waals surface area contributed by atoms with Gasteiger partial charge in [0.05, 0.1) is 12.7 Å². The zero-order valence-corrected chi connectivity index (χ0v) is 27.3. The molecule has 1 fully saturated rings. The average molecular weight is 722 g/mol. The smallest absolute Gasteiger partial charge is 0.388 e. The summed E-state index contributed by atoms with van der Waals surface area (Å²) in [6.07, 6.45) is -4.59. The van der Waals surface area contributed by atoms with Crippen LogP contribution in [-0.4, -0.2) is 47.9 Å². The second-order valence-corrected chi connectivity index (χ2v) is 25.6. The second-order valence-electron chi connectivity index (χ2n) is 6.21. The maximum absolute atomic E-state index is 12.4. The van der Waals surface area contributed by atoms with Gasteiger partial charge in [-0.3, -0.25) is 9.09 Å². The van der Waals surface area contributed by atoms with E-state index in [1.54, 1.807) is 0 Å². The predicted molar refractivity (Wildman–Crippen MR) is 143 cm³/mol. The molecule has 0 aromatic carbocycles. The third kappa shape index (κ3) is 13.5. The van der Waals surface area contributed by atoms with E-state index < -0.39 is 71.6 Å². The molecule has 0 aromatic heterocycles. The van der Waals surface area contributed by atoms with Crippen molar-refractivity contribution < 1.29 is 68.4 Å². The zero-order chi connectivity index (χ0) is 27.0. The normalized spacial score (nSPS) is 34.1.